The maximum absolute atomic E-state index is 11.1. The number of ketones is 1. The molecule has 1 saturated heterocycles. The topological polar surface area (TPSA) is 52.6 Å². The third-order valence-electron chi connectivity index (χ3n) is 1.83. The van der Waals surface area contributed by atoms with Crippen LogP contribution in [0.2, 0.25) is 0 Å². The lowest BCUT2D eigenvalue weighted by molar-refractivity contribution is -0.138. The Morgan fingerprint density at radius 1 is 1.57 bits per heavy atom. The monoisotopic (exact) mass is 198 g/mol. The van der Waals surface area contributed by atoms with Crippen LogP contribution < -0.4 is 0 Å². The molecule has 0 saturated carbocycles. The van der Waals surface area contributed by atoms with Gasteiger partial charge in [-0.05, 0) is 13.3 Å². The van der Waals surface area contributed by atoms with E-state index in [4.69, 9.17) is 9.47 Å². The van der Waals surface area contributed by atoms with E-state index >= 15 is 0 Å². The first-order valence-electron chi connectivity index (χ1n) is 4.68. The first-order valence-corrected chi connectivity index (χ1v) is 4.68. The predicted octanol–water partition coefficient (Wildman–Crippen LogP) is 1.20. The number of allylic oxidation sites excluding steroid dienone is 1. The van der Waals surface area contributed by atoms with Crippen molar-refractivity contribution in [1.29, 1.82) is 0 Å². The second-order valence-electron chi connectivity index (χ2n) is 3.18. The SMILES string of the molecule is CC(=O)CCOC(=O)C=C1CCCO1. The molecule has 4 heteroatoms. The first-order chi connectivity index (χ1) is 6.68. The number of ether oxygens (including phenoxy) is 2. The van der Waals surface area contributed by atoms with Crippen molar-refractivity contribution in [2.24, 2.45) is 0 Å². The summed E-state index contributed by atoms with van der Waals surface area (Å²) in [7, 11) is 0. The van der Waals surface area contributed by atoms with E-state index in [9.17, 15) is 9.59 Å². The molecule has 0 aromatic heterocycles. The van der Waals surface area contributed by atoms with E-state index in [0.29, 0.717) is 12.4 Å². The predicted molar refractivity (Wildman–Crippen MR) is 49.5 cm³/mol. The average molecular weight is 198 g/mol. The van der Waals surface area contributed by atoms with Crippen LogP contribution in [0.4, 0.5) is 0 Å². The lowest BCUT2D eigenvalue weighted by Crippen LogP contribution is -2.06. The quantitative estimate of drug-likeness (QED) is 0.503. The molecule has 14 heavy (non-hydrogen) atoms. The van der Waals surface area contributed by atoms with Crippen LogP contribution in [-0.4, -0.2) is 25.0 Å². The van der Waals surface area contributed by atoms with Crippen LogP contribution in [-0.2, 0) is 19.1 Å². The number of rotatable bonds is 4. The van der Waals surface area contributed by atoms with Gasteiger partial charge in [0.1, 0.15) is 11.5 Å². The van der Waals surface area contributed by atoms with E-state index < -0.39 is 5.97 Å². The minimum Gasteiger partial charge on any atom is -0.498 e. The Balaban J connectivity index is 2.21. The molecule has 0 N–H and O–H groups in total. The van der Waals surface area contributed by atoms with Gasteiger partial charge in [0.2, 0.25) is 0 Å². The highest BCUT2D eigenvalue weighted by Gasteiger charge is 2.10. The molecular weight excluding hydrogens is 184 g/mol. The van der Waals surface area contributed by atoms with Crippen molar-refractivity contribution >= 4 is 11.8 Å². The molecule has 0 unspecified atom stereocenters. The van der Waals surface area contributed by atoms with E-state index in [1.165, 1.54) is 13.0 Å². The van der Waals surface area contributed by atoms with Gasteiger partial charge >= 0.3 is 5.97 Å². The molecular formula is C10H14O4. The second kappa shape index (κ2) is 5.42. The average Bonchev–Trinajstić information content (AvgIpc) is 2.56. The molecule has 1 heterocycles. The van der Waals surface area contributed by atoms with Gasteiger partial charge in [0.25, 0.3) is 0 Å². The lowest BCUT2D eigenvalue weighted by atomic mass is 10.3. The summed E-state index contributed by atoms with van der Waals surface area (Å²) in [5.41, 5.74) is 0. The fourth-order valence-electron chi connectivity index (χ4n) is 1.10. The number of esters is 1. The van der Waals surface area contributed by atoms with Gasteiger partial charge in [0.15, 0.2) is 0 Å². The number of carbonyl (C=O) groups excluding carboxylic acids is 2. The molecule has 1 fully saturated rings. The van der Waals surface area contributed by atoms with Crippen molar-refractivity contribution < 1.29 is 19.1 Å². The van der Waals surface area contributed by atoms with Crippen molar-refractivity contribution in [3.63, 3.8) is 0 Å². The molecule has 1 rings (SSSR count). The summed E-state index contributed by atoms with van der Waals surface area (Å²) in [6.07, 6.45) is 3.37. The Labute approximate surface area is 82.9 Å². The Hall–Kier alpha value is -1.32. The van der Waals surface area contributed by atoms with E-state index in [1.807, 2.05) is 0 Å². The molecule has 0 bridgehead atoms. The Kier molecular flexibility index (Phi) is 4.16. The third-order valence-corrected chi connectivity index (χ3v) is 1.83. The first kappa shape index (κ1) is 10.8. The summed E-state index contributed by atoms with van der Waals surface area (Å²) in [5, 5.41) is 0. The molecule has 0 radical (unpaired) electrons. The minimum atomic E-state index is -0.428. The maximum Gasteiger partial charge on any atom is 0.334 e. The molecule has 0 atom stereocenters. The van der Waals surface area contributed by atoms with Crippen LogP contribution in [0.3, 0.4) is 0 Å². The molecule has 0 aromatic carbocycles. The molecule has 4 nitrogen and oxygen atoms in total. The standard InChI is InChI=1S/C10H14O4/c1-8(11)4-6-14-10(12)7-9-3-2-5-13-9/h7H,2-6H2,1H3. The van der Waals surface area contributed by atoms with Crippen molar-refractivity contribution in [3.8, 4) is 0 Å². The summed E-state index contributed by atoms with van der Waals surface area (Å²) in [6.45, 7) is 2.29. The van der Waals surface area contributed by atoms with Gasteiger partial charge in [0.05, 0.1) is 19.3 Å². The molecule has 1 aliphatic rings. The highest BCUT2D eigenvalue weighted by molar-refractivity contribution is 5.83. The van der Waals surface area contributed by atoms with Gasteiger partial charge < -0.3 is 9.47 Å². The van der Waals surface area contributed by atoms with Gasteiger partial charge in [-0.25, -0.2) is 4.79 Å². The van der Waals surface area contributed by atoms with Crippen LogP contribution in [0.1, 0.15) is 26.2 Å². The summed E-state index contributed by atoms with van der Waals surface area (Å²) >= 11 is 0. The zero-order valence-electron chi connectivity index (χ0n) is 8.25. The minimum absolute atomic E-state index is 0.0163. The number of hydrogen-bond donors (Lipinski definition) is 0. The Bertz CT molecular complexity index is 247. The van der Waals surface area contributed by atoms with Crippen molar-refractivity contribution in [3.05, 3.63) is 11.8 Å². The lowest BCUT2D eigenvalue weighted by Gasteiger charge is -2.00. The third kappa shape index (κ3) is 4.07. The van der Waals surface area contributed by atoms with Crippen LogP contribution in [0.25, 0.3) is 0 Å². The van der Waals surface area contributed by atoms with Gasteiger partial charge in [-0.2, -0.15) is 0 Å². The molecule has 0 amide bonds. The normalized spacial score (nSPS) is 17.9. The highest BCUT2D eigenvalue weighted by atomic mass is 16.5. The van der Waals surface area contributed by atoms with Gasteiger partial charge in [-0.1, -0.05) is 0 Å². The van der Waals surface area contributed by atoms with Crippen molar-refractivity contribution in [2.45, 2.75) is 26.2 Å². The number of Topliss-reactive ketones (excluding diaryl/α,β-unsaturated/α-hetero) is 1. The molecule has 0 aromatic rings. The Morgan fingerprint density at radius 2 is 2.36 bits per heavy atom. The van der Waals surface area contributed by atoms with Gasteiger partial charge in [0, 0.05) is 12.8 Å². The van der Waals surface area contributed by atoms with Crippen LogP contribution in [0.15, 0.2) is 11.8 Å². The molecule has 1 aliphatic heterocycles. The molecule has 0 aliphatic carbocycles. The molecule has 0 spiro atoms. The van der Waals surface area contributed by atoms with Gasteiger partial charge in [-0.15, -0.1) is 0 Å². The summed E-state index contributed by atoms with van der Waals surface area (Å²) < 4.78 is 9.94. The summed E-state index contributed by atoms with van der Waals surface area (Å²) in [6, 6.07) is 0. The number of carbonyl (C=O) groups is 2. The highest BCUT2D eigenvalue weighted by Crippen LogP contribution is 2.15. The molecule has 78 valence electrons. The zero-order chi connectivity index (χ0) is 10.4. The fourth-order valence-corrected chi connectivity index (χ4v) is 1.10. The summed E-state index contributed by atoms with van der Waals surface area (Å²) in [4.78, 5) is 21.6. The zero-order valence-corrected chi connectivity index (χ0v) is 8.25. The fraction of sp³-hybridized carbons (Fsp3) is 0.600. The van der Waals surface area contributed by atoms with E-state index in [-0.39, 0.29) is 18.8 Å². The van der Waals surface area contributed by atoms with Crippen LogP contribution in [0, 0.1) is 0 Å². The van der Waals surface area contributed by atoms with E-state index in [2.05, 4.69) is 0 Å². The van der Waals surface area contributed by atoms with Crippen molar-refractivity contribution in [2.75, 3.05) is 13.2 Å². The maximum atomic E-state index is 11.1. The summed E-state index contributed by atoms with van der Waals surface area (Å²) in [5.74, 6) is 0.267. The second-order valence-corrected chi connectivity index (χ2v) is 3.18. The van der Waals surface area contributed by atoms with Crippen LogP contribution >= 0.6 is 0 Å². The van der Waals surface area contributed by atoms with E-state index in [1.54, 1.807) is 0 Å². The Morgan fingerprint density at radius 3 is 2.93 bits per heavy atom. The van der Waals surface area contributed by atoms with Crippen molar-refractivity contribution in [1.82, 2.24) is 0 Å². The van der Waals surface area contributed by atoms with E-state index in [0.717, 1.165) is 12.8 Å². The largest absolute Gasteiger partial charge is 0.498 e. The van der Waals surface area contributed by atoms with Gasteiger partial charge in [-0.3, -0.25) is 4.79 Å². The number of hydrogen-bond acceptors (Lipinski definition) is 4. The smallest absolute Gasteiger partial charge is 0.334 e. The van der Waals surface area contributed by atoms with Crippen LogP contribution in [0.5, 0.6) is 0 Å².